The van der Waals surface area contributed by atoms with Gasteiger partial charge < -0.3 is 15.0 Å². The summed E-state index contributed by atoms with van der Waals surface area (Å²) >= 11 is 0. The number of benzene rings is 1. The fourth-order valence-corrected chi connectivity index (χ4v) is 1.67. The summed E-state index contributed by atoms with van der Waals surface area (Å²) in [5.41, 5.74) is 0.804. The molecule has 0 bridgehead atoms. The molecule has 0 spiro atoms. The zero-order valence-electron chi connectivity index (χ0n) is 13.2. The fourth-order valence-electron chi connectivity index (χ4n) is 1.67. The molecule has 0 aliphatic rings. The Balaban J connectivity index is 2.44. The van der Waals surface area contributed by atoms with Crippen molar-refractivity contribution in [3.63, 3.8) is 0 Å². The van der Waals surface area contributed by atoms with Gasteiger partial charge in [-0.2, -0.15) is 0 Å². The number of amides is 1. The summed E-state index contributed by atoms with van der Waals surface area (Å²) < 4.78 is 5.60. The largest absolute Gasteiger partial charge is 0.492 e. The molecule has 1 rings (SSSR count). The molecule has 0 aromatic heterocycles. The van der Waals surface area contributed by atoms with Crippen LogP contribution in [0.4, 0.5) is 5.69 Å². The van der Waals surface area contributed by atoms with Crippen molar-refractivity contribution in [3.8, 4) is 5.75 Å². The highest BCUT2D eigenvalue weighted by atomic mass is 16.5. The first-order chi connectivity index (χ1) is 9.26. The van der Waals surface area contributed by atoms with Crippen LogP contribution >= 0.6 is 0 Å². The number of nitrogens with one attached hydrogen (secondary N) is 1. The summed E-state index contributed by atoms with van der Waals surface area (Å²) in [6.45, 7) is 7.68. The zero-order valence-corrected chi connectivity index (χ0v) is 13.2. The second-order valence-corrected chi connectivity index (χ2v) is 6.46. The second kappa shape index (κ2) is 7.29. The van der Waals surface area contributed by atoms with Crippen LogP contribution in [0.3, 0.4) is 0 Å². The molecule has 112 valence electrons. The Morgan fingerprint density at radius 1 is 1.20 bits per heavy atom. The molecular formula is C16H26N2O2. The van der Waals surface area contributed by atoms with Gasteiger partial charge >= 0.3 is 0 Å². The van der Waals surface area contributed by atoms with E-state index in [1.165, 1.54) is 0 Å². The number of anilines is 1. The lowest BCUT2D eigenvalue weighted by atomic mass is 9.92. The number of hydrogen-bond donors (Lipinski definition) is 1. The van der Waals surface area contributed by atoms with E-state index >= 15 is 0 Å². The van der Waals surface area contributed by atoms with Gasteiger partial charge in [0.25, 0.3) is 0 Å². The van der Waals surface area contributed by atoms with E-state index in [1.54, 1.807) is 0 Å². The van der Waals surface area contributed by atoms with Gasteiger partial charge in [0.2, 0.25) is 5.91 Å². The lowest BCUT2D eigenvalue weighted by Crippen LogP contribution is -2.20. The van der Waals surface area contributed by atoms with Crippen molar-refractivity contribution in [1.82, 2.24) is 4.90 Å². The number of carbonyl (C=O) groups excluding carboxylic acids is 1. The minimum atomic E-state index is -0.000680. The van der Waals surface area contributed by atoms with Gasteiger partial charge in [0.15, 0.2) is 0 Å². The Morgan fingerprint density at radius 2 is 1.80 bits per heavy atom. The van der Waals surface area contributed by atoms with E-state index < -0.39 is 0 Å². The molecule has 1 N–H and O–H groups in total. The maximum atomic E-state index is 11.8. The standard InChI is InChI=1S/C16H26N2O2/c1-16(2,3)12-15(19)17-13-6-8-14(9-7-13)20-11-10-18(4)5/h6-9H,10-12H2,1-5H3,(H,17,19). The van der Waals surface area contributed by atoms with Crippen LogP contribution in [0.2, 0.25) is 0 Å². The van der Waals surface area contributed by atoms with Crippen molar-refractivity contribution in [2.45, 2.75) is 27.2 Å². The van der Waals surface area contributed by atoms with E-state index in [0.717, 1.165) is 18.0 Å². The van der Waals surface area contributed by atoms with Crippen molar-refractivity contribution in [3.05, 3.63) is 24.3 Å². The molecule has 1 amide bonds. The first-order valence-corrected chi connectivity index (χ1v) is 6.94. The molecule has 0 unspecified atom stereocenters. The summed E-state index contributed by atoms with van der Waals surface area (Å²) in [5, 5.41) is 2.90. The average Bonchev–Trinajstić information content (AvgIpc) is 2.28. The van der Waals surface area contributed by atoms with E-state index in [2.05, 4.69) is 10.2 Å². The molecule has 0 aliphatic carbocycles. The summed E-state index contributed by atoms with van der Waals surface area (Å²) in [7, 11) is 4.02. The van der Waals surface area contributed by atoms with Crippen LogP contribution < -0.4 is 10.1 Å². The average molecular weight is 278 g/mol. The molecule has 4 nitrogen and oxygen atoms in total. The van der Waals surface area contributed by atoms with E-state index in [-0.39, 0.29) is 11.3 Å². The highest BCUT2D eigenvalue weighted by Crippen LogP contribution is 2.20. The normalized spacial score (nSPS) is 11.5. The Hall–Kier alpha value is -1.55. The third-order valence-electron chi connectivity index (χ3n) is 2.64. The Morgan fingerprint density at radius 3 is 2.30 bits per heavy atom. The molecule has 0 radical (unpaired) electrons. The zero-order chi connectivity index (χ0) is 15.2. The predicted molar refractivity (Wildman–Crippen MR) is 83.2 cm³/mol. The molecule has 0 atom stereocenters. The molecule has 20 heavy (non-hydrogen) atoms. The summed E-state index contributed by atoms with van der Waals surface area (Å²) in [5.74, 6) is 0.861. The van der Waals surface area contributed by atoms with Crippen molar-refractivity contribution < 1.29 is 9.53 Å². The van der Waals surface area contributed by atoms with Crippen LogP contribution in [0, 0.1) is 5.41 Å². The van der Waals surface area contributed by atoms with Crippen LogP contribution in [0.15, 0.2) is 24.3 Å². The second-order valence-electron chi connectivity index (χ2n) is 6.46. The van der Waals surface area contributed by atoms with E-state index in [1.807, 2.05) is 59.1 Å². The molecule has 4 heteroatoms. The highest BCUT2D eigenvalue weighted by molar-refractivity contribution is 5.91. The molecule has 1 aromatic carbocycles. The smallest absolute Gasteiger partial charge is 0.224 e. The Kier molecular flexibility index (Phi) is 6.02. The molecule has 0 aliphatic heterocycles. The van der Waals surface area contributed by atoms with Gasteiger partial charge in [0.1, 0.15) is 12.4 Å². The van der Waals surface area contributed by atoms with Crippen LogP contribution in [-0.4, -0.2) is 38.1 Å². The monoisotopic (exact) mass is 278 g/mol. The number of nitrogens with zero attached hydrogens (tertiary/aromatic N) is 1. The van der Waals surface area contributed by atoms with Crippen LogP contribution in [0.1, 0.15) is 27.2 Å². The first kappa shape index (κ1) is 16.5. The number of carbonyl (C=O) groups is 1. The number of likely N-dealkylation sites (N-methyl/N-ethyl adjacent to an activating group) is 1. The molecule has 1 aromatic rings. The molecule has 0 saturated carbocycles. The minimum Gasteiger partial charge on any atom is -0.492 e. The van der Waals surface area contributed by atoms with Gasteiger partial charge in [-0.15, -0.1) is 0 Å². The van der Waals surface area contributed by atoms with Crippen molar-refractivity contribution >= 4 is 11.6 Å². The van der Waals surface area contributed by atoms with Gasteiger partial charge in [-0.3, -0.25) is 4.79 Å². The topological polar surface area (TPSA) is 41.6 Å². The lowest BCUT2D eigenvalue weighted by Gasteiger charge is -2.17. The van der Waals surface area contributed by atoms with Gasteiger partial charge in [-0.1, -0.05) is 20.8 Å². The third-order valence-corrected chi connectivity index (χ3v) is 2.64. The van der Waals surface area contributed by atoms with Crippen molar-refractivity contribution in [1.29, 1.82) is 0 Å². The molecule has 0 heterocycles. The third kappa shape index (κ3) is 7.14. The first-order valence-electron chi connectivity index (χ1n) is 6.94. The Labute approximate surface area is 122 Å². The number of ether oxygens (including phenoxy) is 1. The molecular weight excluding hydrogens is 252 g/mol. The van der Waals surface area contributed by atoms with Gasteiger partial charge in [-0.05, 0) is 43.8 Å². The van der Waals surface area contributed by atoms with Crippen LogP contribution in [0.5, 0.6) is 5.75 Å². The molecule has 0 saturated heterocycles. The quantitative estimate of drug-likeness (QED) is 0.869. The minimum absolute atomic E-state index is 0.000680. The lowest BCUT2D eigenvalue weighted by molar-refractivity contribution is -0.117. The maximum absolute atomic E-state index is 11.8. The number of rotatable bonds is 6. The van der Waals surface area contributed by atoms with E-state index in [0.29, 0.717) is 13.0 Å². The number of hydrogen-bond acceptors (Lipinski definition) is 3. The van der Waals surface area contributed by atoms with E-state index in [4.69, 9.17) is 4.74 Å². The predicted octanol–water partition coefficient (Wildman–Crippen LogP) is 3.00. The Bertz CT molecular complexity index is 419. The maximum Gasteiger partial charge on any atom is 0.224 e. The van der Waals surface area contributed by atoms with Crippen molar-refractivity contribution in [2.24, 2.45) is 5.41 Å². The van der Waals surface area contributed by atoms with Crippen LogP contribution in [-0.2, 0) is 4.79 Å². The van der Waals surface area contributed by atoms with Gasteiger partial charge in [0, 0.05) is 18.7 Å². The SMILES string of the molecule is CN(C)CCOc1ccc(NC(=O)CC(C)(C)C)cc1. The van der Waals surface area contributed by atoms with Gasteiger partial charge in [-0.25, -0.2) is 0 Å². The fraction of sp³-hybridized carbons (Fsp3) is 0.562. The summed E-state index contributed by atoms with van der Waals surface area (Å²) in [4.78, 5) is 13.9. The van der Waals surface area contributed by atoms with E-state index in [9.17, 15) is 4.79 Å². The van der Waals surface area contributed by atoms with Crippen LogP contribution in [0.25, 0.3) is 0 Å². The highest BCUT2D eigenvalue weighted by Gasteiger charge is 2.15. The summed E-state index contributed by atoms with van der Waals surface area (Å²) in [6.07, 6.45) is 0.508. The summed E-state index contributed by atoms with van der Waals surface area (Å²) in [6, 6.07) is 7.49. The van der Waals surface area contributed by atoms with Crippen molar-refractivity contribution in [2.75, 3.05) is 32.6 Å². The molecule has 0 fully saturated rings. The van der Waals surface area contributed by atoms with Gasteiger partial charge in [0.05, 0.1) is 0 Å².